The van der Waals surface area contributed by atoms with E-state index in [-0.39, 0.29) is 5.91 Å². The molecule has 1 heterocycles. The minimum absolute atomic E-state index is 0.249. The Morgan fingerprint density at radius 3 is 2.80 bits per heavy atom. The molecule has 0 radical (unpaired) electrons. The number of amides is 1. The van der Waals surface area contributed by atoms with Gasteiger partial charge in [-0.1, -0.05) is 29.3 Å². The zero-order valence-corrected chi connectivity index (χ0v) is 12.1. The maximum atomic E-state index is 11.9. The van der Waals surface area contributed by atoms with Crippen molar-refractivity contribution in [3.8, 4) is 0 Å². The van der Waals surface area contributed by atoms with Crippen molar-refractivity contribution in [2.75, 3.05) is 12.3 Å². The lowest BCUT2D eigenvalue weighted by atomic mass is 10.1. The van der Waals surface area contributed by atoms with Crippen LogP contribution in [0.2, 0.25) is 10.0 Å². The molecule has 104 valence electrons. The fraction of sp³-hybridized carbons (Fsp3) is 0.143. The quantitative estimate of drug-likeness (QED) is 0.912. The molecule has 20 heavy (non-hydrogen) atoms. The van der Waals surface area contributed by atoms with Gasteiger partial charge in [0, 0.05) is 34.7 Å². The lowest BCUT2D eigenvalue weighted by molar-refractivity contribution is 0.0954. The number of halogens is 2. The highest BCUT2D eigenvalue weighted by Crippen LogP contribution is 2.21. The Balaban J connectivity index is 1.93. The van der Waals surface area contributed by atoms with E-state index in [2.05, 4.69) is 10.3 Å². The predicted molar refractivity (Wildman–Crippen MR) is 81.1 cm³/mol. The van der Waals surface area contributed by atoms with Gasteiger partial charge in [0.05, 0.1) is 5.56 Å². The van der Waals surface area contributed by atoms with Crippen molar-refractivity contribution in [1.29, 1.82) is 0 Å². The minimum Gasteiger partial charge on any atom is -0.398 e. The predicted octanol–water partition coefficient (Wildman–Crippen LogP) is 2.94. The third-order valence-electron chi connectivity index (χ3n) is 2.79. The molecule has 2 rings (SSSR count). The molecular weight excluding hydrogens is 297 g/mol. The van der Waals surface area contributed by atoms with E-state index in [4.69, 9.17) is 28.9 Å². The fourth-order valence-corrected chi connectivity index (χ4v) is 2.23. The Kier molecular flexibility index (Phi) is 4.82. The molecule has 0 aliphatic carbocycles. The van der Waals surface area contributed by atoms with Gasteiger partial charge in [-0.2, -0.15) is 0 Å². The van der Waals surface area contributed by atoms with Gasteiger partial charge in [0.15, 0.2) is 0 Å². The number of benzene rings is 1. The Bertz CT molecular complexity index is 632. The second kappa shape index (κ2) is 6.59. The average Bonchev–Trinajstić information content (AvgIpc) is 2.41. The number of hydrogen-bond acceptors (Lipinski definition) is 3. The molecule has 0 saturated carbocycles. The van der Waals surface area contributed by atoms with Crippen LogP contribution in [0.3, 0.4) is 0 Å². The van der Waals surface area contributed by atoms with Crippen molar-refractivity contribution in [2.24, 2.45) is 0 Å². The van der Waals surface area contributed by atoms with Crippen molar-refractivity contribution in [1.82, 2.24) is 10.3 Å². The molecule has 3 N–H and O–H groups in total. The molecule has 2 aromatic rings. The standard InChI is InChI=1S/C14H13Cl2N3O/c15-10-2-1-9(12(16)7-10)3-6-19-14(20)11-8-18-5-4-13(11)17/h1-2,4-5,7-8H,3,6H2,(H2,17,18)(H,19,20). The summed E-state index contributed by atoms with van der Waals surface area (Å²) in [6, 6.07) is 6.88. The van der Waals surface area contributed by atoms with E-state index >= 15 is 0 Å². The largest absolute Gasteiger partial charge is 0.398 e. The van der Waals surface area contributed by atoms with Crippen LogP contribution < -0.4 is 11.1 Å². The number of hydrogen-bond donors (Lipinski definition) is 2. The second-order valence-electron chi connectivity index (χ2n) is 4.20. The molecule has 0 saturated heterocycles. The molecule has 0 spiro atoms. The molecule has 1 aromatic carbocycles. The number of nitrogen functional groups attached to an aromatic ring is 1. The number of nitrogens with one attached hydrogen (secondary N) is 1. The summed E-state index contributed by atoms with van der Waals surface area (Å²) in [6.07, 6.45) is 3.60. The average molecular weight is 310 g/mol. The minimum atomic E-state index is -0.249. The van der Waals surface area contributed by atoms with Crippen molar-refractivity contribution >= 4 is 34.8 Å². The van der Waals surface area contributed by atoms with Crippen LogP contribution in [0.4, 0.5) is 5.69 Å². The van der Waals surface area contributed by atoms with Crippen LogP contribution in [0.5, 0.6) is 0 Å². The first-order valence-electron chi connectivity index (χ1n) is 5.99. The molecule has 0 aliphatic rings. The summed E-state index contributed by atoms with van der Waals surface area (Å²) in [5, 5.41) is 3.96. The molecule has 1 amide bonds. The molecule has 0 bridgehead atoms. The van der Waals surface area contributed by atoms with Crippen LogP contribution in [0.15, 0.2) is 36.7 Å². The molecule has 0 atom stereocenters. The summed E-state index contributed by atoms with van der Waals surface area (Å²) >= 11 is 11.9. The number of anilines is 1. The van der Waals surface area contributed by atoms with Crippen LogP contribution in [0.1, 0.15) is 15.9 Å². The molecule has 6 heteroatoms. The summed E-state index contributed by atoms with van der Waals surface area (Å²) in [5.41, 5.74) is 7.41. The van der Waals surface area contributed by atoms with Gasteiger partial charge in [-0.15, -0.1) is 0 Å². The number of rotatable bonds is 4. The first kappa shape index (κ1) is 14.6. The number of carbonyl (C=O) groups is 1. The first-order valence-corrected chi connectivity index (χ1v) is 6.75. The molecule has 0 unspecified atom stereocenters. The maximum absolute atomic E-state index is 11.9. The Hall–Kier alpha value is -1.78. The summed E-state index contributed by atoms with van der Waals surface area (Å²) in [5.74, 6) is -0.249. The zero-order valence-electron chi connectivity index (χ0n) is 10.6. The van der Waals surface area contributed by atoms with E-state index in [1.807, 2.05) is 6.07 Å². The Labute approximate surface area is 126 Å². The third-order valence-corrected chi connectivity index (χ3v) is 3.38. The molecule has 0 fully saturated rings. The molecule has 4 nitrogen and oxygen atoms in total. The number of carbonyl (C=O) groups excluding carboxylic acids is 1. The second-order valence-corrected chi connectivity index (χ2v) is 5.05. The van der Waals surface area contributed by atoms with E-state index in [1.165, 1.54) is 6.20 Å². The third kappa shape index (κ3) is 3.62. The topological polar surface area (TPSA) is 68.0 Å². The van der Waals surface area contributed by atoms with E-state index in [0.717, 1.165) is 5.56 Å². The summed E-state index contributed by atoms with van der Waals surface area (Å²) < 4.78 is 0. The Morgan fingerprint density at radius 1 is 1.30 bits per heavy atom. The van der Waals surface area contributed by atoms with Crippen molar-refractivity contribution in [3.63, 3.8) is 0 Å². The van der Waals surface area contributed by atoms with Gasteiger partial charge in [0.1, 0.15) is 0 Å². The summed E-state index contributed by atoms with van der Waals surface area (Å²) in [6.45, 7) is 0.453. The van der Waals surface area contributed by atoms with Gasteiger partial charge in [0.25, 0.3) is 5.91 Å². The van der Waals surface area contributed by atoms with Crippen molar-refractivity contribution < 1.29 is 4.79 Å². The molecule has 1 aromatic heterocycles. The lowest BCUT2D eigenvalue weighted by Crippen LogP contribution is -2.26. The summed E-state index contributed by atoms with van der Waals surface area (Å²) in [4.78, 5) is 15.8. The normalized spacial score (nSPS) is 10.3. The van der Waals surface area contributed by atoms with Gasteiger partial charge in [-0.05, 0) is 30.2 Å². The SMILES string of the molecule is Nc1ccncc1C(=O)NCCc1ccc(Cl)cc1Cl. The van der Waals surface area contributed by atoms with E-state index in [9.17, 15) is 4.79 Å². The first-order chi connectivity index (χ1) is 9.58. The number of aromatic nitrogens is 1. The lowest BCUT2D eigenvalue weighted by Gasteiger charge is -2.08. The Morgan fingerprint density at radius 2 is 2.10 bits per heavy atom. The van der Waals surface area contributed by atoms with E-state index in [1.54, 1.807) is 24.4 Å². The van der Waals surface area contributed by atoms with Crippen LogP contribution in [0, 0.1) is 0 Å². The van der Waals surface area contributed by atoms with E-state index < -0.39 is 0 Å². The highest BCUT2D eigenvalue weighted by molar-refractivity contribution is 6.35. The van der Waals surface area contributed by atoms with Crippen LogP contribution in [0.25, 0.3) is 0 Å². The molecule has 0 aliphatic heterocycles. The number of nitrogens with zero attached hydrogens (tertiary/aromatic N) is 1. The number of pyridine rings is 1. The van der Waals surface area contributed by atoms with Crippen LogP contribution >= 0.6 is 23.2 Å². The van der Waals surface area contributed by atoms with Gasteiger partial charge in [-0.3, -0.25) is 9.78 Å². The van der Waals surface area contributed by atoms with E-state index in [0.29, 0.717) is 34.3 Å². The van der Waals surface area contributed by atoms with Gasteiger partial charge in [0.2, 0.25) is 0 Å². The van der Waals surface area contributed by atoms with Gasteiger partial charge < -0.3 is 11.1 Å². The summed E-state index contributed by atoms with van der Waals surface area (Å²) in [7, 11) is 0. The zero-order chi connectivity index (χ0) is 14.5. The smallest absolute Gasteiger partial charge is 0.254 e. The fourth-order valence-electron chi connectivity index (χ4n) is 1.73. The van der Waals surface area contributed by atoms with Crippen molar-refractivity contribution in [2.45, 2.75) is 6.42 Å². The maximum Gasteiger partial charge on any atom is 0.254 e. The van der Waals surface area contributed by atoms with Crippen LogP contribution in [-0.4, -0.2) is 17.4 Å². The van der Waals surface area contributed by atoms with Gasteiger partial charge >= 0.3 is 0 Å². The monoisotopic (exact) mass is 309 g/mol. The highest BCUT2D eigenvalue weighted by atomic mass is 35.5. The van der Waals surface area contributed by atoms with Gasteiger partial charge in [-0.25, -0.2) is 0 Å². The number of nitrogens with two attached hydrogens (primary N) is 1. The highest BCUT2D eigenvalue weighted by Gasteiger charge is 2.09. The van der Waals surface area contributed by atoms with Crippen molar-refractivity contribution in [3.05, 3.63) is 57.8 Å². The van der Waals surface area contributed by atoms with Crippen LogP contribution in [-0.2, 0) is 6.42 Å². The molecular formula is C14H13Cl2N3O.